The second-order valence-corrected chi connectivity index (χ2v) is 8.46. The number of para-hydroxylation sites is 1. The lowest BCUT2D eigenvalue weighted by Gasteiger charge is -2.13. The molecule has 0 spiro atoms. The molecule has 9 nitrogen and oxygen atoms in total. The average Bonchev–Trinajstić information content (AvgIpc) is 3.51. The molecular weight excluding hydrogens is 476 g/mol. The number of hydrogen-bond donors (Lipinski definition) is 1. The summed E-state index contributed by atoms with van der Waals surface area (Å²) in [5, 5.41) is 16.2. The highest BCUT2D eigenvalue weighted by molar-refractivity contribution is 7.17. The average molecular weight is 493 g/mol. The lowest BCUT2D eigenvalue weighted by Crippen LogP contribution is -2.14. The second-order valence-electron chi connectivity index (χ2n) is 7.09. The molecule has 0 unspecified atom stereocenters. The van der Waals surface area contributed by atoms with Gasteiger partial charge in [-0.05, 0) is 41.7 Å². The van der Waals surface area contributed by atoms with Crippen LogP contribution in [0.5, 0.6) is 10.9 Å². The lowest BCUT2D eigenvalue weighted by molar-refractivity contribution is 0.102. The highest BCUT2D eigenvalue weighted by Gasteiger charge is 2.19. The number of rotatable bonds is 7. The monoisotopic (exact) mass is 492 g/mol. The largest absolute Gasteiger partial charge is 0.496 e. The third-order valence-electron chi connectivity index (χ3n) is 4.94. The maximum Gasteiger partial charge on any atom is 0.296 e. The van der Waals surface area contributed by atoms with Gasteiger partial charge in [-0.15, -0.1) is 5.10 Å². The first-order chi connectivity index (χ1) is 16.6. The quantitative estimate of drug-likeness (QED) is 0.350. The standard InChI is InChI=1S/C23H17ClN6O3S/c1-32-20-5-3-2-4-17(20)18-10-16-8-9-26-30(16)12-19(18)21(31)27-22-28-29-23(34-22)33-13-15-7-6-14(24)11-25-15/h2-12H,13H2,1H3,(H,27,28,31). The number of hydrogen-bond acceptors (Lipinski definition) is 8. The molecule has 0 aliphatic rings. The summed E-state index contributed by atoms with van der Waals surface area (Å²) >= 11 is 6.96. The number of aromatic nitrogens is 5. The van der Waals surface area contributed by atoms with E-state index in [2.05, 4.69) is 25.6 Å². The van der Waals surface area contributed by atoms with Crippen molar-refractivity contribution in [1.29, 1.82) is 0 Å². The molecule has 1 amide bonds. The van der Waals surface area contributed by atoms with E-state index in [-0.39, 0.29) is 12.5 Å². The van der Waals surface area contributed by atoms with Gasteiger partial charge in [0.1, 0.15) is 12.4 Å². The summed E-state index contributed by atoms with van der Waals surface area (Å²) < 4.78 is 12.8. The molecule has 0 atom stereocenters. The van der Waals surface area contributed by atoms with Gasteiger partial charge in [0.2, 0.25) is 5.13 Å². The van der Waals surface area contributed by atoms with E-state index in [1.54, 1.807) is 42.3 Å². The zero-order chi connectivity index (χ0) is 23.5. The molecule has 0 aliphatic carbocycles. The molecule has 0 radical (unpaired) electrons. The molecule has 11 heteroatoms. The van der Waals surface area contributed by atoms with E-state index in [1.165, 1.54) is 0 Å². The molecule has 0 fully saturated rings. The topological polar surface area (TPSA) is 104 Å². The summed E-state index contributed by atoms with van der Waals surface area (Å²) in [6.07, 6.45) is 4.89. The van der Waals surface area contributed by atoms with Gasteiger partial charge in [0.25, 0.3) is 11.1 Å². The Morgan fingerprint density at radius 1 is 1.15 bits per heavy atom. The zero-order valence-electron chi connectivity index (χ0n) is 17.8. The van der Waals surface area contributed by atoms with Crippen LogP contribution < -0.4 is 14.8 Å². The van der Waals surface area contributed by atoms with Crippen molar-refractivity contribution in [2.75, 3.05) is 12.4 Å². The van der Waals surface area contributed by atoms with Crippen molar-refractivity contribution in [3.05, 3.63) is 83.4 Å². The van der Waals surface area contributed by atoms with Crippen LogP contribution in [0.1, 0.15) is 16.1 Å². The van der Waals surface area contributed by atoms with Crippen LogP contribution in [-0.2, 0) is 6.61 Å². The van der Waals surface area contributed by atoms with Gasteiger partial charge < -0.3 is 9.47 Å². The molecule has 5 rings (SSSR count). The molecule has 0 saturated carbocycles. The van der Waals surface area contributed by atoms with Gasteiger partial charge in [-0.1, -0.05) is 34.9 Å². The van der Waals surface area contributed by atoms with E-state index in [0.29, 0.717) is 37.9 Å². The molecule has 0 bridgehead atoms. The third-order valence-corrected chi connectivity index (χ3v) is 5.91. The van der Waals surface area contributed by atoms with Gasteiger partial charge in [-0.2, -0.15) is 5.10 Å². The van der Waals surface area contributed by atoms with E-state index in [9.17, 15) is 4.79 Å². The fraction of sp³-hybridized carbons (Fsp3) is 0.0870. The molecule has 4 aromatic heterocycles. The van der Waals surface area contributed by atoms with Crippen molar-refractivity contribution >= 4 is 39.5 Å². The van der Waals surface area contributed by atoms with Gasteiger partial charge >= 0.3 is 0 Å². The number of nitrogens with zero attached hydrogens (tertiary/aromatic N) is 5. The summed E-state index contributed by atoms with van der Waals surface area (Å²) in [5.41, 5.74) is 3.44. The number of amides is 1. The Morgan fingerprint density at radius 3 is 2.85 bits per heavy atom. The van der Waals surface area contributed by atoms with E-state index >= 15 is 0 Å². The summed E-state index contributed by atoms with van der Waals surface area (Å²) in [4.78, 5) is 17.4. The Labute approximate surface area is 203 Å². The van der Waals surface area contributed by atoms with Crippen LogP contribution in [0.25, 0.3) is 16.6 Å². The maximum absolute atomic E-state index is 13.3. The number of halogens is 1. The number of benzene rings is 1. The van der Waals surface area contributed by atoms with Crippen LogP contribution in [0.4, 0.5) is 5.13 Å². The van der Waals surface area contributed by atoms with Crippen molar-refractivity contribution < 1.29 is 14.3 Å². The van der Waals surface area contributed by atoms with Gasteiger partial charge in [-0.3, -0.25) is 15.1 Å². The number of anilines is 1. The van der Waals surface area contributed by atoms with Crippen molar-refractivity contribution in [3.8, 4) is 22.1 Å². The Morgan fingerprint density at radius 2 is 2.03 bits per heavy atom. The van der Waals surface area contributed by atoms with Crippen molar-refractivity contribution in [2.24, 2.45) is 0 Å². The number of pyridine rings is 2. The maximum atomic E-state index is 13.3. The van der Waals surface area contributed by atoms with Crippen LogP contribution in [0.2, 0.25) is 5.02 Å². The molecule has 34 heavy (non-hydrogen) atoms. The number of carbonyl (C=O) groups is 1. The number of ether oxygens (including phenoxy) is 2. The minimum absolute atomic E-state index is 0.202. The first-order valence-corrected chi connectivity index (χ1v) is 11.3. The highest BCUT2D eigenvalue weighted by Crippen LogP contribution is 2.34. The smallest absolute Gasteiger partial charge is 0.296 e. The molecule has 1 N–H and O–H groups in total. The molecule has 1 aromatic carbocycles. The summed E-state index contributed by atoms with van der Waals surface area (Å²) in [6.45, 7) is 0.202. The predicted octanol–water partition coefficient (Wildman–Crippen LogP) is 4.74. The van der Waals surface area contributed by atoms with E-state index in [0.717, 1.165) is 22.4 Å². The summed E-state index contributed by atoms with van der Waals surface area (Å²) in [5.74, 6) is 0.295. The number of fused-ring (bicyclic) bond motifs is 1. The van der Waals surface area contributed by atoms with E-state index in [4.69, 9.17) is 21.1 Å². The number of methoxy groups -OCH3 is 1. The molecule has 5 aromatic rings. The van der Waals surface area contributed by atoms with Crippen LogP contribution >= 0.6 is 22.9 Å². The van der Waals surface area contributed by atoms with Gasteiger partial charge in [0, 0.05) is 29.7 Å². The first-order valence-electron chi connectivity index (χ1n) is 10.1. The van der Waals surface area contributed by atoms with E-state index in [1.807, 2.05) is 36.4 Å². The van der Waals surface area contributed by atoms with Crippen LogP contribution in [0.15, 0.2) is 67.1 Å². The van der Waals surface area contributed by atoms with Crippen LogP contribution in [0.3, 0.4) is 0 Å². The Bertz CT molecular complexity index is 1470. The van der Waals surface area contributed by atoms with E-state index < -0.39 is 0 Å². The minimum atomic E-state index is -0.361. The van der Waals surface area contributed by atoms with Crippen molar-refractivity contribution in [3.63, 3.8) is 0 Å². The number of carbonyl (C=O) groups excluding carboxylic acids is 1. The fourth-order valence-corrected chi connectivity index (χ4v) is 4.05. The minimum Gasteiger partial charge on any atom is -0.496 e. The number of nitrogens with one attached hydrogen (secondary N) is 1. The Kier molecular flexibility index (Phi) is 6.07. The van der Waals surface area contributed by atoms with Gasteiger partial charge in [-0.25, -0.2) is 4.52 Å². The normalized spacial score (nSPS) is 10.9. The molecule has 170 valence electrons. The molecule has 0 aliphatic heterocycles. The third kappa shape index (κ3) is 4.54. The summed E-state index contributed by atoms with van der Waals surface area (Å²) in [7, 11) is 1.60. The van der Waals surface area contributed by atoms with Crippen LogP contribution in [0, 0.1) is 0 Å². The fourth-order valence-electron chi connectivity index (χ4n) is 3.35. The Balaban J connectivity index is 1.39. The van der Waals surface area contributed by atoms with Crippen molar-refractivity contribution in [1.82, 2.24) is 24.8 Å². The SMILES string of the molecule is COc1ccccc1-c1cc2ccnn2cc1C(=O)Nc1nnc(OCc2ccc(Cl)cn2)s1. The van der Waals surface area contributed by atoms with Crippen molar-refractivity contribution in [2.45, 2.75) is 6.61 Å². The molecular formula is C23H17ClN6O3S. The highest BCUT2D eigenvalue weighted by atomic mass is 35.5. The zero-order valence-corrected chi connectivity index (χ0v) is 19.4. The summed E-state index contributed by atoms with van der Waals surface area (Å²) in [6, 6.07) is 14.8. The van der Waals surface area contributed by atoms with Gasteiger partial charge in [0.15, 0.2) is 0 Å². The lowest BCUT2D eigenvalue weighted by atomic mass is 9.99. The van der Waals surface area contributed by atoms with Gasteiger partial charge in [0.05, 0.1) is 28.9 Å². The predicted molar refractivity (Wildman–Crippen MR) is 129 cm³/mol. The first kappa shape index (κ1) is 21.8. The van der Waals surface area contributed by atoms with Crippen LogP contribution in [-0.4, -0.2) is 37.8 Å². The molecule has 4 heterocycles. The molecule has 0 saturated heterocycles. The Hall–Kier alpha value is -4.02. The second kappa shape index (κ2) is 9.46.